The molecule has 0 bridgehead atoms. The van der Waals surface area contributed by atoms with Crippen LogP contribution in [-0.2, 0) is 4.79 Å². The summed E-state index contributed by atoms with van der Waals surface area (Å²) in [5.74, 6) is -3.30. The van der Waals surface area contributed by atoms with Gasteiger partial charge in [0.1, 0.15) is 0 Å². The average molecular weight is 390 g/mol. The van der Waals surface area contributed by atoms with Crippen molar-refractivity contribution in [1.29, 1.82) is 0 Å². The number of alkyl halides is 2. The minimum atomic E-state index is -2.78. The lowest BCUT2D eigenvalue weighted by atomic mass is 9.76. The first-order chi connectivity index (χ1) is 13.2. The molecule has 4 rings (SSSR count). The molecule has 1 aromatic carbocycles. The number of nitrogens with zero attached hydrogens (tertiary/aromatic N) is 1. The van der Waals surface area contributed by atoms with E-state index in [2.05, 4.69) is 5.32 Å². The number of benzene rings is 1. The molecular formula is C22H28F2N2O2. The fraction of sp³-hybridized carbons (Fsp3) is 0.636. The number of halogens is 2. The van der Waals surface area contributed by atoms with Gasteiger partial charge in [0.05, 0.1) is 6.04 Å². The molecule has 1 aliphatic heterocycles. The molecule has 2 amide bonds. The van der Waals surface area contributed by atoms with E-state index in [1.54, 1.807) is 0 Å². The lowest BCUT2D eigenvalue weighted by Gasteiger charge is -2.39. The van der Waals surface area contributed by atoms with E-state index in [0.717, 1.165) is 36.8 Å². The van der Waals surface area contributed by atoms with Gasteiger partial charge in [0.2, 0.25) is 5.91 Å². The predicted molar refractivity (Wildman–Crippen MR) is 102 cm³/mol. The highest BCUT2D eigenvalue weighted by atomic mass is 19.3. The zero-order valence-corrected chi connectivity index (χ0v) is 16.6. The van der Waals surface area contributed by atoms with Crippen LogP contribution in [-0.4, -0.2) is 41.8 Å². The van der Waals surface area contributed by atoms with Crippen LogP contribution in [0.3, 0.4) is 0 Å². The van der Waals surface area contributed by atoms with Gasteiger partial charge in [0.25, 0.3) is 11.8 Å². The highest BCUT2D eigenvalue weighted by Crippen LogP contribution is 2.50. The molecule has 3 fully saturated rings. The average Bonchev–Trinajstić information content (AvgIpc) is 3.24. The molecule has 6 heteroatoms. The van der Waals surface area contributed by atoms with Crippen LogP contribution in [0.4, 0.5) is 8.78 Å². The number of rotatable bonds is 3. The summed E-state index contributed by atoms with van der Waals surface area (Å²) >= 11 is 0. The van der Waals surface area contributed by atoms with Crippen molar-refractivity contribution in [2.75, 3.05) is 13.1 Å². The van der Waals surface area contributed by atoms with Crippen LogP contribution in [0.5, 0.6) is 0 Å². The van der Waals surface area contributed by atoms with Crippen molar-refractivity contribution in [3.63, 3.8) is 0 Å². The fourth-order valence-electron chi connectivity index (χ4n) is 5.34. The van der Waals surface area contributed by atoms with Crippen LogP contribution in [0, 0.1) is 25.2 Å². The first-order valence-corrected chi connectivity index (χ1v) is 10.3. The molecule has 1 heterocycles. The van der Waals surface area contributed by atoms with Gasteiger partial charge >= 0.3 is 0 Å². The molecule has 1 aromatic rings. The first-order valence-electron chi connectivity index (χ1n) is 10.3. The summed E-state index contributed by atoms with van der Waals surface area (Å²) in [7, 11) is 0. The predicted octanol–water partition coefficient (Wildman–Crippen LogP) is 3.85. The molecule has 1 spiro atoms. The summed E-state index contributed by atoms with van der Waals surface area (Å²) in [6.07, 6.45) is 3.47. The Bertz CT molecular complexity index is 789. The van der Waals surface area contributed by atoms with Crippen molar-refractivity contribution in [3.8, 4) is 0 Å². The third-order valence-electron chi connectivity index (χ3n) is 6.96. The summed E-state index contributed by atoms with van der Waals surface area (Å²) in [6.45, 7) is 5.11. The van der Waals surface area contributed by atoms with Crippen LogP contribution in [0.2, 0.25) is 0 Å². The number of hydrogen-bond acceptors (Lipinski definition) is 2. The maximum atomic E-state index is 13.6. The standard InChI is InChI=1S/C22H28F2N2O2/c1-14-10-15(2)12-16(11-14)20(28)26-9-8-21(13-26)6-3-4-17(21)19(27)25-18-5-7-22(18,23)24/h10-12,17-18H,3-9,13H2,1-2H3,(H,25,27)/t17-,18+,21+/m0/s1. The van der Waals surface area contributed by atoms with E-state index in [4.69, 9.17) is 0 Å². The molecule has 3 aliphatic rings. The second kappa shape index (κ2) is 6.82. The number of hydrogen-bond donors (Lipinski definition) is 1. The molecule has 2 saturated carbocycles. The van der Waals surface area contributed by atoms with Crippen LogP contribution in [0.25, 0.3) is 0 Å². The molecule has 4 nitrogen and oxygen atoms in total. The van der Waals surface area contributed by atoms with Gasteiger partial charge in [-0.2, -0.15) is 0 Å². The molecule has 0 aromatic heterocycles. The van der Waals surface area contributed by atoms with E-state index in [0.29, 0.717) is 25.1 Å². The monoisotopic (exact) mass is 390 g/mol. The second-order valence-corrected chi connectivity index (χ2v) is 9.02. The van der Waals surface area contributed by atoms with E-state index >= 15 is 0 Å². The highest BCUT2D eigenvalue weighted by molar-refractivity contribution is 5.95. The SMILES string of the molecule is Cc1cc(C)cc(C(=O)N2CC[C@]3(CCC[C@H]3C(=O)N[C@@H]3CCC3(F)F)C2)c1. The molecule has 2 aliphatic carbocycles. The Morgan fingerprint density at radius 1 is 1.07 bits per heavy atom. The van der Waals surface area contributed by atoms with Crippen molar-refractivity contribution in [2.45, 2.75) is 64.3 Å². The fourth-order valence-corrected chi connectivity index (χ4v) is 5.34. The maximum absolute atomic E-state index is 13.6. The Morgan fingerprint density at radius 3 is 2.39 bits per heavy atom. The molecule has 1 N–H and O–H groups in total. The van der Waals surface area contributed by atoms with Crippen LogP contribution < -0.4 is 5.32 Å². The van der Waals surface area contributed by atoms with Gasteiger partial charge in [-0.1, -0.05) is 23.6 Å². The van der Waals surface area contributed by atoms with E-state index in [-0.39, 0.29) is 29.6 Å². The van der Waals surface area contributed by atoms with E-state index in [1.807, 2.05) is 36.9 Å². The molecule has 1 saturated heterocycles. The number of amides is 2. The van der Waals surface area contributed by atoms with E-state index in [9.17, 15) is 18.4 Å². The third-order valence-corrected chi connectivity index (χ3v) is 6.96. The lowest BCUT2D eigenvalue weighted by Crippen LogP contribution is -2.57. The quantitative estimate of drug-likeness (QED) is 0.852. The normalized spacial score (nSPS) is 31.1. The van der Waals surface area contributed by atoms with E-state index < -0.39 is 12.0 Å². The molecule has 152 valence electrons. The Kier molecular flexibility index (Phi) is 4.71. The molecular weight excluding hydrogens is 362 g/mol. The number of carbonyl (C=O) groups is 2. The van der Waals surface area contributed by atoms with Gasteiger partial charge in [-0.3, -0.25) is 9.59 Å². The second-order valence-electron chi connectivity index (χ2n) is 9.02. The lowest BCUT2D eigenvalue weighted by molar-refractivity contribution is -0.142. The van der Waals surface area contributed by atoms with Crippen molar-refractivity contribution < 1.29 is 18.4 Å². The zero-order chi connectivity index (χ0) is 20.1. The molecule has 0 radical (unpaired) electrons. The Morgan fingerprint density at radius 2 is 1.79 bits per heavy atom. The topological polar surface area (TPSA) is 49.4 Å². The highest BCUT2D eigenvalue weighted by Gasteiger charge is 2.54. The molecule has 3 atom stereocenters. The minimum Gasteiger partial charge on any atom is -0.347 e. The van der Waals surface area contributed by atoms with Crippen molar-refractivity contribution in [1.82, 2.24) is 10.2 Å². The number of nitrogens with one attached hydrogen (secondary N) is 1. The van der Waals surface area contributed by atoms with Crippen molar-refractivity contribution >= 4 is 11.8 Å². The van der Waals surface area contributed by atoms with Crippen LogP contribution in [0.15, 0.2) is 18.2 Å². The summed E-state index contributed by atoms with van der Waals surface area (Å²) in [5, 5.41) is 2.60. The molecule has 28 heavy (non-hydrogen) atoms. The van der Waals surface area contributed by atoms with Crippen LogP contribution in [0.1, 0.15) is 60.0 Å². The van der Waals surface area contributed by atoms with Gasteiger partial charge in [-0.25, -0.2) is 8.78 Å². The van der Waals surface area contributed by atoms with Gasteiger partial charge in [0, 0.05) is 36.4 Å². The minimum absolute atomic E-state index is 0.000240. The van der Waals surface area contributed by atoms with Crippen molar-refractivity contribution in [2.24, 2.45) is 11.3 Å². The summed E-state index contributed by atoms with van der Waals surface area (Å²) in [6, 6.07) is 4.82. The first kappa shape index (κ1) is 19.3. The third kappa shape index (κ3) is 3.31. The summed E-state index contributed by atoms with van der Waals surface area (Å²) in [4.78, 5) is 27.6. The van der Waals surface area contributed by atoms with Crippen molar-refractivity contribution in [3.05, 3.63) is 34.9 Å². The number of carbonyl (C=O) groups excluding carboxylic acids is 2. The number of likely N-dealkylation sites (tertiary alicyclic amines) is 1. The molecule has 0 unspecified atom stereocenters. The van der Waals surface area contributed by atoms with Gasteiger partial charge < -0.3 is 10.2 Å². The smallest absolute Gasteiger partial charge is 0.267 e. The van der Waals surface area contributed by atoms with Gasteiger partial charge in [-0.05, 0) is 51.7 Å². The van der Waals surface area contributed by atoms with E-state index in [1.165, 1.54) is 0 Å². The van der Waals surface area contributed by atoms with Gasteiger partial charge in [-0.15, -0.1) is 0 Å². The zero-order valence-electron chi connectivity index (χ0n) is 16.6. The summed E-state index contributed by atoms with van der Waals surface area (Å²) in [5.41, 5.74) is 2.52. The number of aryl methyl sites for hydroxylation is 2. The Labute approximate surface area is 164 Å². The largest absolute Gasteiger partial charge is 0.347 e. The maximum Gasteiger partial charge on any atom is 0.267 e. The Hall–Kier alpha value is -1.98. The Balaban J connectivity index is 1.46. The van der Waals surface area contributed by atoms with Gasteiger partial charge in [0.15, 0.2) is 0 Å². The summed E-state index contributed by atoms with van der Waals surface area (Å²) < 4.78 is 27.1. The van der Waals surface area contributed by atoms with Crippen LogP contribution >= 0.6 is 0 Å².